The first-order valence-corrected chi connectivity index (χ1v) is 9.49. The van der Waals surface area contributed by atoms with Gasteiger partial charge in [-0.05, 0) is 37.6 Å². The van der Waals surface area contributed by atoms with Crippen molar-refractivity contribution in [2.75, 3.05) is 18.0 Å². The molecule has 1 atom stereocenters. The molecule has 3 rings (SSSR count). The third-order valence-corrected chi connectivity index (χ3v) is 5.19. The smallest absolute Gasteiger partial charge is 0.254 e. The van der Waals surface area contributed by atoms with Crippen LogP contribution in [0.1, 0.15) is 47.6 Å². The first kappa shape index (κ1) is 16.9. The predicted octanol–water partition coefficient (Wildman–Crippen LogP) is 3.06. The highest BCUT2D eigenvalue weighted by Gasteiger charge is 2.19. The standard InChI is InChI=1S/C18H24N4OS/c1-3-16-15(12-19-18(21-16)22-8-4-5-9-22)17(23)20-13(2)11-14-7-6-10-24-14/h6-7,10,12-13H,3-5,8-9,11H2,1-2H3,(H,20,23)/t13-/m1/s1. The number of carbonyl (C=O) groups is 1. The van der Waals surface area contributed by atoms with Gasteiger partial charge in [0.1, 0.15) is 0 Å². The van der Waals surface area contributed by atoms with Crippen LogP contribution >= 0.6 is 11.3 Å². The van der Waals surface area contributed by atoms with E-state index in [-0.39, 0.29) is 11.9 Å². The minimum atomic E-state index is -0.0797. The van der Waals surface area contributed by atoms with Crippen LogP contribution in [0.5, 0.6) is 0 Å². The summed E-state index contributed by atoms with van der Waals surface area (Å²) in [5.41, 5.74) is 1.42. The van der Waals surface area contributed by atoms with Gasteiger partial charge >= 0.3 is 0 Å². The zero-order chi connectivity index (χ0) is 16.9. The van der Waals surface area contributed by atoms with Gasteiger partial charge in [-0.1, -0.05) is 13.0 Å². The van der Waals surface area contributed by atoms with E-state index in [1.54, 1.807) is 17.5 Å². The summed E-state index contributed by atoms with van der Waals surface area (Å²) in [5.74, 6) is 0.677. The maximum atomic E-state index is 12.6. The number of anilines is 1. The van der Waals surface area contributed by atoms with Gasteiger partial charge in [0.05, 0.1) is 11.3 Å². The Labute approximate surface area is 147 Å². The first-order chi connectivity index (χ1) is 11.7. The first-order valence-electron chi connectivity index (χ1n) is 8.61. The Morgan fingerprint density at radius 3 is 2.88 bits per heavy atom. The van der Waals surface area contributed by atoms with Crippen molar-refractivity contribution in [2.45, 2.75) is 45.6 Å². The highest BCUT2D eigenvalue weighted by atomic mass is 32.1. The molecule has 1 N–H and O–H groups in total. The van der Waals surface area contributed by atoms with Gasteiger partial charge < -0.3 is 10.2 Å². The number of rotatable bonds is 6. The van der Waals surface area contributed by atoms with Crippen LogP contribution in [0.25, 0.3) is 0 Å². The van der Waals surface area contributed by atoms with E-state index in [1.165, 1.54) is 17.7 Å². The minimum Gasteiger partial charge on any atom is -0.349 e. The Hall–Kier alpha value is -1.95. The molecule has 1 amide bonds. The van der Waals surface area contributed by atoms with E-state index >= 15 is 0 Å². The lowest BCUT2D eigenvalue weighted by Gasteiger charge is -2.18. The van der Waals surface area contributed by atoms with Crippen LogP contribution in [0.15, 0.2) is 23.7 Å². The number of aromatic nitrogens is 2. The lowest BCUT2D eigenvalue weighted by molar-refractivity contribution is 0.0938. The Bertz CT molecular complexity index is 680. The molecule has 24 heavy (non-hydrogen) atoms. The molecule has 1 fully saturated rings. The second-order valence-corrected chi connectivity index (χ2v) is 7.27. The fraction of sp³-hybridized carbons (Fsp3) is 0.500. The van der Waals surface area contributed by atoms with Gasteiger partial charge in [-0.2, -0.15) is 0 Å². The lowest BCUT2D eigenvalue weighted by atomic mass is 10.1. The molecule has 2 aromatic heterocycles. The zero-order valence-electron chi connectivity index (χ0n) is 14.3. The van der Waals surface area contributed by atoms with Crippen molar-refractivity contribution >= 4 is 23.2 Å². The van der Waals surface area contributed by atoms with Crippen molar-refractivity contribution < 1.29 is 4.79 Å². The molecule has 2 aromatic rings. The molecule has 0 spiro atoms. The lowest BCUT2D eigenvalue weighted by Crippen LogP contribution is -2.35. The normalized spacial score (nSPS) is 15.5. The molecular formula is C18H24N4OS. The van der Waals surface area contributed by atoms with Crippen molar-refractivity contribution in [1.29, 1.82) is 0 Å². The molecule has 0 unspecified atom stereocenters. The summed E-state index contributed by atoms with van der Waals surface area (Å²) in [7, 11) is 0. The van der Waals surface area contributed by atoms with Gasteiger partial charge in [-0.15, -0.1) is 11.3 Å². The molecule has 0 aromatic carbocycles. The number of nitrogens with zero attached hydrogens (tertiary/aromatic N) is 3. The summed E-state index contributed by atoms with van der Waals surface area (Å²) < 4.78 is 0. The van der Waals surface area contributed by atoms with E-state index in [9.17, 15) is 4.79 Å². The molecule has 3 heterocycles. The molecule has 0 bridgehead atoms. The highest BCUT2D eigenvalue weighted by Crippen LogP contribution is 2.18. The Morgan fingerprint density at radius 2 is 2.21 bits per heavy atom. The van der Waals surface area contributed by atoms with Crippen LogP contribution in [0.3, 0.4) is 0 Å². The van der Waals surface area contributed by atoms with Crippen molar-refractivity contribution in [3.63, 3.8) is 0 Å². The molecule has 6 heteroatoms. The largest absolute Gasteiger partial charge is 0.349 e. The van der Waals surface area contributed by atoms with Crippen LogP contribution in [0.2, 0.25) is 0 Å². The highest BCUT2D eigenvalue weighted by molar-refractivity contribution is 7.09. The van der Waals surface area contributed by atoms with E-state index in [0.29, 0.717) is 5.56 Å². The van der Waals surface area contributed by atoms with E-state index in [1.807, 2.05) is 19.9 Å². The van der Waals surface area contributed by atoms with Crippen LogP contribution < -0.4 is 10.2 Å². The van der Waals surface area contributed by atoms with Crippen molar-refractivity contribution in [2.24, 2.45) is 0 Å². The second kappa shape index (κ2) is 7.75. The van der Waals surface area contributed by atoms with Crippen LogP contribution in [0, 0.1) is 0 Å². The molecule has 0 radical (unpaired) electrons. The summed E-state index contributed by atoms with van der Waals surface area (Å²) >= 11 is 1.72. The molecular weight excluding hydrogens is 320 g/mol. The summed E-state index contributed by atoms with van der Waals surface area (Å²) in [4.78, 5) is 25.1. The monoisotopic (exact) mass is 344 g/mol. The minimum absolute atomic E-state index is 0.0797. The van der Waals surface area contributed by atoms with Crippen molar-refractivity contribution in [3.05, 3.63) is 39.8 Å². The fourth-order valence-electron chi connectivity index (χ4n) is 3.02. The van der Waals surface area contributed by atoms with Gasteiger partial charge in [0.15, 0.2) is 0 Å². The van der Waals surface area contributed by atoms with Crippen LogP contribution in [-0.4, -0.2) is 35.0 Å². The predicted molar refractivity (Wildman–Crippen MR) is 97.8 cm³/mol. The van der Waals surface area contributed by atoms with Crippen LogP contribution in [-0.2, 0) is 12.8 Å². The number of hydrogen-bond acceptors (Lipinski definition) is 5. The topological polar surface area (TPSA) is 58.1 Å². The Kier molecular flexibility index (Phi) is 5.45. The van der Waals surface area contributed by atoms with Gasteiger partial charge in [0.25, 0.3) is 5.91 Å². The Balaban J connectivity index is 1.69. The maximum Gasteiger partial charge on any atom is 0.254 e. The fourth-order valence-corrected chi connectivity index (χ4v) is 3.85. The summed E-state index contributed by atoms with van der Waals surface area (Å²) in [6, 6.07) is 4.21. The number of thiophene rings is 1. The number of hydrogen-bond donors (Lipinski definition) is 1. The van der Waals surface area contributed by atoms with Crippen molar-refractivity contribution in [3.8, 4) is 0 Å². The summed E-state index contributed by atoms with van der Waals surface area (Å²) in [6.45, 7) is 6.07. The van der Waals surface area contributed by atoms with Gasteiger partial charge in [-0.25, -0.2) is 9.97 Å². The van der Waals surface area contributed by atoms with E-state index in [0.717, 1.165) is 37.6 Å². The molecule has 0 saturated carbocycles. The van der Waals surface area contributed by atoms with Gasteiger partial charge in [0.2, 0.25) is 5.95 Å². The Morgan fingerprint density at radius 1 is 1.42 bits per heavy atom. The summed E-state index contributed by atoms with van der Waals surface area (Å²) in [5, 5.41) is 5.13. The molecule has 128 valence electrons. The second-order valence-electron chi connectivity index (χ2n) is 6.24. The molecule has 1 aliphatic heterocycles. The molecule has 1 saturated heterocycles. The molecule has 1 aliphatic rings. The average Bonchev–Trinajstić information content (AvgIpc) is 3.27. The summed E-state index contributed by atoms with van der Waals surface area (Å²) in [6.07, 6.45) is 5.64. The third kappa shape index (κ3) is 3.93. The van der Waals surface area contributed by atoms with Gasteiger partial charge in [0, 0.05) is 36.6 Å². The zero-order valence-corrected chi connectivity index (χ0v) is 15.1. The van der Waals surface area contributed by atoms with Gasteiger partial charge in [-0.3, -0.25) is 4.79 Å². The van der Waals surface area contributed by atoms with Crippen LogP contribution in [0.4, 0.5) is 5.95 Å². The van der Waals surface area contributed by atoms with E-state index in [2.05, 4.69) is 31.6 Å². The average molecular weight is 344 g/mol. The maximum absolute atomic E-state index is 12.6. The third-order valence-electron chi connectivity index (χ3n) is 4.29. The SMILES string of the molecule is CCc1nc(N2CCCC2)ncc1C(=O)N[C@H](C)Cc1cccs1. The quantitative estimate of drug-likeness (QED) is 0.875. The number of aryl methyl sites for hydroxylation is 1. The number of carbonyl (C=O) groups excluding carboxylic acids is 1. The number of amides is 1. The molecule has 0 aliphatic carbocycles. The van der Waals surface area contributed by atoms with E-state index < -0.39 is 0 Å². The number of nitrogens with one attached hydrogen (secondary N) is 1. The van der Waals surface area contributed by atoms with Crippen molar-refractivity contribution in [1.82, 2.24) is 15.3 Å². The molecule has 5 nitrogen and oxygen atoms in total. The van der Waals surface area contributed by atoms with E-state index in [4.69, 9.17) is 0 Å².